The van der Waals surface area contributed by atoms with E-state index in [4.69, 9.17) is 21.1 Å². The van der Waals surface area contributed by atoms with Gasteiger partial charge in [0.25, 0.3) is 0 Å². The van der Waals surface area contributed by atoms with Crippen LogP contribution >= 0.6 is 11.6 Å². The van der Waals surface area contributed by atoms with Gasteiger partial charge < -0.3 is 14.8 Å². The smallest absolute Gasteiger partial charge is 0.413 e. The Labute approximate surface area is 175 Å². The Morgan fingerprint density at radius 2 is 2.07 bits per heavy atom. The van der Waals surface area contributed by atoms with Crippen molar-refractivity contribution in [1.29, 1.82) is 0 Å². The maximum Gasteiger partial charge on any atom is 0.413 e. The highest BCUT2D eigenvalue weighted by atomic mass is 35.5. The van der Waals surface area contributed by atoms with Gasteiger partial charge in [-0.25, -0.2) is 19.7 Å². The predicted octanol–water partition coefficient (Wildman–Crippen LogP) is 4.70. The first kappa shape index (κ1) is 21.1. The van der Waals surface area contributed by atoms with E-state index < -0.39 is 11.8 Å². The number of aryl methyl sites for hydroxylation is 1. The number of carbonyl (C=O) groups excluding carboxylic acids is 1. The molecule has 8 nitrogen and oxygen atoms in total. The second-order valence-corrected chi connectivity index (χ2v) is 8.26. The average molecular weight is 420 g/mol. The van der Waals surface area contributed by atoms with Crippen LogP contribution in [0.25, 0.3) is 0 Å². The van der Waals surface area contributed by atoms with Gasteiger partial charge in [-0.15, -0.1) is 0 Å². The van der Waals surface area contributed by atoms with Crippen LogP contribution in [0.4, 0.5) is 16.3 Å². The highest BCUT2D eigenvalue weighted by Crippen LogP contribution is 2.26. The number of nitrogens with one attached hydrogen (secondary N) is 1. The zero-order valence-electron chi connectivity index (χ0n) is 17.1. The summed E-state index contributed by atoms with van der Waals surface area (Å²) in [6.07, 6.45) is 3.16. The molecule has 0 aliphatic carbocycles. The molecule has 9 heteroatoms. The lowest BCUT2D eigenvalue weighted by Gasteiger charge is -2.36. The molecule has 1 saturated heterocycles. The average Bonchev–Trinajstić information content (AvgIpc) is 2.63. The van der Waals surface area contributed by atoms with Crippen molar-refractivity contribution in [1.82, 2.24) is 19.9 Å². The Morgan fingerprint density at radius 3 is 2.79 bits per heavy atom. The maximum absolute atomic E-state index is 12.5. The van der Waals surface area contributed by atoms with Crippen LogP contribution < -0.4 is 10.1 Å². The number of hydrogen-bond donors (Lipinski definition) is 1. The summed E-state index contributed by atoms with van der Waals surface area (Å²) in [6, 6.07) is 5.35. The summed E-state index contributed by atoms with van der Waals surface area (Å²) in [5, 5.41) is 3.47. The van der Waals surface area contributed by atoms with Crippen molar-refractivity contribution in [2.75, 3.05) is 11.9 Å². The van der Waals surface area contributed by atoms with Crippen LogP contribution in [-0.4, -0.2) is 44.3 Å². The van der Waals surface area contributed by atoms with E-state index in [1.165, 1.54) is 6.33 Å². The van der Waals surface area contributed by atoms with Gasteiger partial charge in [-0.3, -0.25) is 4.90 Å². The molecule has 0 radical (unpaired) electrons. The fourth-order valence-electron chi connectivity index (χ4n) is 2.92. The highest BCUT2D eigenvalue weighted by molar-refractivity contribution is 6.32. The van der Waals surface area contributed by atoms with Gasteiger partial charge in [0, 0.05) is 24.7 Å². The topological polar surface area (TPSA) is 89.5 Å². The quantitative estimate of drug-likeness (QED) is 0.718. The lowest BCUT2D eigenvalue weighted by molar-refractivity contribution is -0.0356. The molecule has 1 atom stereocenters. The van der Waals surface area contributed by atoms with E-state index in [2.05, 4.69) is 20.3 Å². The van der Waals surface area contributed by atoms with Crippen LogP contribution in [0, 0.1) is 6.92 Å². The number of piperidine rings is 1. The second kappa shape index (κ2) is 8.82. The minimum atomic E-state index is -0.563. The van der Waals surface area contributed by atoms with Crippen molar-refractivity contribution in [2.24, 2.45) is 0 Å². The number of amides is 1. The molecule has 3 heterocycles. The maximum atomic E-state index is 12.5. The summed E-state index contributed by atoms with van der Waals surface area (Å²) in [7, 11) is 0. The van der Waals surface area contributed by atoms with Gasteiger partial charge in [-0.1, -0.05) is 11.6 Å². The van der Waals surface area contributed by atoms with Crippen molar-refractivity contribution in [3.8, 4) is 5.88 Å². The molecular weight excluding hydrogens is 394 g/mol. The molecule has 1 unspecified atom stereocenters. The van der Waals surface area contributed by atoms with Gasteiger partial charge in [0.15, 0.2) is 11.4 Å². The van der Waals surface area contributed by atoms with Crippen LogP contribution in [0.1, 0.15) is 45.7 Å². The minimum absolute atomic E-state index is 0.356. The Balaban J connectivity index is 1.71. The first-order valence-electron chi connectivity index (χ1n) is 9.60. The fraction of sp³-hybridized carbons (Fsp3) is 0.500. The van der Waals surface area contributed by atoms with Crippen LogP contribution in [0.5, 0.6) is 5.88 Å². The molecule has 0 bridgehead atoms. The summed E-state index contributed by atoms with van der Waals surface area (Å²) in [4.78, 5) is 26.8. The molecule has 0 saturated carbocycles. The van der Waals surface area contributed by atoms with E-state index in [1.54, 1.807) is 11.0 Å². The van der Waals surface area contributed by atoms with E-state index in [0.29, 0.717) is 35.5 Å². The minimum Gasteiger partial charge on any atom is -0.453 e. The number of pyridine rings is 1. The molecular formula is C20H26ClN5O3. The van der Waals surface area contributed by atoms with Crippen LogP contribution in [0.2, 0.25) is 5.15 Å². The largest absolute Gasteiger partial charge is 0.453 e. The molecule has 3 rings (SSSR count). The molecule has 1 amide bonds. The number of carbonyl (C=O) groups is 1. The lowest BCUT2D eigenvalue weighted by Crippen LogP contribution is -2.48. The summed E-state index contributed by atoms with van der Waals surface area (Å²) >= 11 is 6.18. The summed E-state index contributed by atoms with van der Waals surface area (Å²) in [5.41, 5.74) is 0.897. The number of anilines is 2. The number of ether oxygens (including phenoxy) is 2. The third kappa shape index (κ3) is 5.93. The van der Waals surface area contributed by atoms with Gasteiger partial charge in [-0.05, 0) is 52.7 Å². The third-order valence-electron chi connectivity index (χ3n) is 4.23. The van der Waals surface area contributed by atoms with Crippen molar-refractivity contribution in [3.05, 3.63) is 35.4 Å². The van der Waals surface area contributed by atoms with Gasteiger partial charge in [0.1, 0.15) is 17.7 Å². The molecule has 2 aromatic heterocycles. The monoisotopic (exact) mass is 419 g/mol. The molecule has 1 aliphatic heterocycles. The van der Waals surface area contributed by atoms with E-state index in [9.17, 15) is 4.79 Å². The number of nitrogens with zero attached hydrogens (tertiary/aromatic N) is 4. The summed E-state index contributed by atoms with van der Waals surface area (Å²) in [5.74, 6) is 0.876. The Hall–Kier alpha value is -2.61. The number of likely N-dealkylation sites (tertiary alicyclic amines) is 1. The molecule has 0 aromatic carbocycles. The standard InChI is InChI=1S/C20H26ClN5O3/c1-13-8-9-14(18(21)24-13)25-15-11-16(23-12-22-15)28-17-7-5-6-10-26(17)19(27)29-20(2,3)4/h8-9,11-12,17H,5-7,10H2,1-4H3,(H,22,23,25). The van der Waals surface area contributed by atoms with Crippen LogP contribution in [0.3, 0.4) is 0 Å². The first-order valence-corrected chi connectivity index (χ1v) is 9.97. The van der Waals surface area contributed by atoms with Gasteiger partial charge in [-0.2, -0.15) is 0 Å². The van der Waals surface area contributed by atoms with Gasteiger partial charge in [0.2, 0.25) is 5.88 Å². The zero-order chi connectivity index (χ0) is 21.0. The first-order chi connectivity index (χ1) is 13.7. The van der Waals surface area contributed by atoms with E-state index in [1.807, 2.05) is 39.8 Å². The van der Waals surface area contributed by atoms with Crippen molar-refractivity contribution in [3.63, 3.8) is 0 Å². The number of rotatable bonds is 4. The summed E-state index contributed by atoms with van der Waals surface area (Å²) in [6.45, 7) is 7.99. The molecule has 1 aliphatic rings. The molecule has 156 valence electrons. The SMILES string of the molecule is Cc1ccc(Nc2cc(OC3CCCCN3C(=O)OC(C)(C)C)ncn2)c(Cl)n1. The Bertz CT molecular complexity index is 871. The molecule has 2 aromatic rings. The van der Waals surface area contributed by atoms with Crippen molar-refractivity contribution in [2.45, 2.75) is 58.8 Å². The van der Waals surface area contributed by atoms with E-state index in [0.717, 1.165) is 18.5 Å². The molecule has 0 spiro atoms. The number of halogens is 1. The van der Waals surface area contributed by atoms with Crippen LogP contribution in [0.15, 0.2) is 24.5 Å². The van der Waals surface area contributed by atoms with E-state index in [-0.39, 0.29) is 6.09 Å². The predicted molar refractivity (Wildman–Crippen MR) is 111 cm³/mol. The molecule has 29 heavy (non-hydrogen) atoms. The van der Waals surface area contributed by atoms with Crippen molar-refractivity contribution >= 4 is 29.2 Å². The number of aromatic nitrogens is 3. The molecule has 1 fully saturated rings. The zero-order valence-corrected chi connectivity index (χ0v) is 17.9. The molecule has 1 N–H and O–H groups in total. The van der Waals surface area contributed by atoms with Gasteiger partial charge in [0.05, 0.1) is 5.69 Å². The fourth-order valence-corrected chi connectivity index (χ4v) is 3.16. The summed E-state index contributed by atoms with van der Waals surface area (Å²) < 4.78 is 11.5. The number of hydrogen-bond acceptors (Lipinski definition) is 7. The van der Waals surface area contributed by atoms with Gasteiger partial charge >= 0.3 is 6.09 Å². The normalized spacial score (nSPS) is 17.0. The van der Waals surface area contributed by atoms with E-state index >= 15 is 0 Å². The Morgan fingerprint density at radius 1 is 1.28 bits per heavy atom. The lowest BCUT2D eigenvalue weighted by atomic mass is 10.1. The Kier molecular flexibility index (Phi) is 6.42. The highest BCUT2D eigenvalue weighted by Gasteiger charge is 2.32. The van der Waals surface area contributed by atoms with Crippen LogP contribution in [-0.2, 0) is 4.74 Å². The van der Waals surface area contributed by atoms with Crippen molar-refractivity contribution < 1.29 is 14.3 Å². The second-order valence-electron chi connectivity index (χ2n) is 7.90. The third-order valence-corrected chi connectivity index (χ3v) is 4.51.